The molecule has 7 heteroatoms. The van der Waals surface area contributed by atoms with E-state index in [1.165, 1.54) is 0 Å². The van der Waals surface area contributed by atoms with Gasteiger partial charge in [-0.1, -0.05) is 35.4 Å². The van der Waals surface area contributed by atoms with Crippen LogP contribution in [0.15, 0.2) is 52.9 Å². The third-order valence-electron chi connectivity index (χ3n) is 5.18. The third-order valence-corrected chi connectivity index (χ3v) is 5.18. The Morgan fingerprint density at radius 1 is 1.07 bits per heavy atom. The lowest BCUT2D eigenvalue weighted by Crippen LogP contribution is -2.26. The lowest BCUT2D eigenvalue weighted by Gasteiger charge is -2.17. The Balaban J connectivity index is 1.40. The lowest BCUT2D eigenvalue weighted by atomic mass is 10.1. The van der Waals surface area contributed by atoms with Crippen molar-refractivity contribution in [3.63, 3.8) is 0 Å². The first-order valence-electron chi connectivity index (χ1n) is 9.88. The summed E-state index contributed by atoms with van der Waals surface area (Å²) >= 11 is 0. The molecule has 2 unspecified atom stereocenters. The van der Waals surface area contributed by atoms with Gasteiger partial charge in [0.15, 0.2) is 6.10 Å². The number of rotatable bonds is 5. The maximum atomic E-state index is 12.6. The average Bonchev–Trinajstić information content (AvgIpc) is 3.37. The Kier molecular flexibility index (Phi) is 5.35. The van der Waals surface area contributed by atoms with E-state index in [9.17, 15) is 9.59 Å². The molecule has 0 N–H and O–H groups in total. The first-order chi connectivity index (χ1) is 14.4. The van der Waals surface area contributed by atoms with Gasteiger partial charge in [-0.15, -0.1) is 10.2 Å². The van der Waals surface area contributed by atoms with Gasteiger partial charge in [0.05, 0.1) is 5.92 Å². The molecule has 3 aromatic rings. The molecule has 1 aliphatic rings. The molecule has 154 valence electrons. The summed E-state index contributed by atoms with van der Waals surface area (Å²) in [5.74, 6) is -0.470. The highest BCUT2D eigenvalue weighted by Crippen LogP contribution is 2.28. The number of ether oxygens (including phenoxy) is 1. The molecule has 0 aliphatic carbocycles. The fourth-order valence-electron chi connectivity index (χ4n) is 3.37. The largest absolute Gasteiger partial charge is 0.452 e. The van der Waals surface area contributed by atoms with E-state index in [-0.39, 0.29) is 18.2 Å². The highest BCUT2D eigenvalue weighted by molar-refractivity contribution is 5.99. The first-order valence-corrected chi connectivity index (χ1v) is 9.88. The normalized spacial score (nSPS) is 17.2. The molecule has 1 amide bonds. The topological polar surface area (TPSA) is 85.5 Å². The number of carbonyl (C=O) groups excluding carboxylic acids is 2. The van der Waals surface area contributed by atoms with E-state index in [1.807, 2.05) is 62.4 Å². The van der Waals surface area contributed by atoms with E-state index < -0.39 is 18.0 Å². The van der Waals surface area contributed by atoms with E-state index in [2.05, 4.69) is 10.2 Å². The summed E-state index contributed by atoms with van der Waals surface area (Å²) in [5.41, 5.74) is 3.83. The summed E-state index contributed by atoms with van der Waals surface area (Å²) in [7, 11) is 0. The van der Waals surface area contributed by atoms with Crippen molar-refractivity contribution < 1.29 is 18.7 Å². The van der Waals surface area contributed by atoms with Crippen molar-refractivity contribution in [2.75, 3.05) is 11.4 Å². The molecule has 0 bridgehead atoms. The fraction of sp³-hybridized carbons (Fsp3) is 0.304. The molecule has 2 aromatic carbocycles. The number of esters is 1. The molecular formula is C23H23N3O4. The zero-order valence-corrected chi connectivity index (χ0v) is 17.2. The first kappa shape index (κ1) is 19.8. The van der Waals surface area contributed by atoms with E-state index in [4.69, 9.17) is 9.15 Å². The molecule has 1 saturated heterocycles. The van der Waals surface area contributed by atoms with Gasteiger partial charge in [0, 0.05) is 24.2 Å². The molecule has 2 atom stereocenters. The van der Waals surface area contributed by atoms with Crippen LogP contribution in [0.3, 0.4) is 0 Å². The number of amides is 1. The minimum atomic E-state index is -0.701. The number of carbonyl (C=O) groups is 2. The standard InChI is InChI=1S/C23H23N3O4/c1-14-4-8-17(9-5-14)22-25-24-21(30-22)16(3)29-23(28)18-12-20(27)26(13-18)19-10-6-15(2)7-11-19/h4-11,16,18H,12-13H2,1-3H3. The lowest BCUT2D eigenvalue weighted by molar-refractivity contribution is -0.154. The molecule has 0 radical (unpaired) electrons. The SMILES string of the molecule is Cc1ccc(-c2nnc(C(C)OC(=O)C3CC(=O)N(c4ccc(C)cc4)C3)o2)cc1. The van der Waals surface area contributed by atoms with Crippen molar-refractivity contribution in [2.45, 2.75) is 33.3 Å². The van der Waals surface area contributed by atoms with Crippen LogP contribution in [0.5, 0.6) is 0 Å². The van der Waals surface area contributed by atoms with Gasteiger partial charge < -0.3 is 14.1 Å². The fourth-order valence-corrected chi connectivity index (χ4v) is 3.37. The minimum absolute atomic E-state index is 0.0899. The quantitative estimate of drug-likeness (QED) is 0.596. The molecule has 30 heavy (non-hydrogen) atoms. The van der Waals surface area contributed by atoms with Crippen LogP contribution in [0.1, 0.15) is 36.5 Å². The van der Waals surface area contributed by atoms with Crippen LogP contribution in [-0.4, -0.2) is 28.6 Å². The van der Waals surface area contributed by atoms with E-state index in [0.29, 0.717) is 12.4 Å². The summed E-state index contributed by atoms with van der Waals surface area (Å²) in [5, 5.41) is 8.05. The number of benzene rings is 2. The van der Waals surface area contributed by atoms with Crippen LogP contribution in [0.4, 0.5) is 5.69 Å². The van der Waals surface area contributed by atoms with Gasteiger partial charge in [0.25, 0.3) is 5.89 Å². The van der Waals surface area contributed by atoms with E-state index >= 15 is 0 Å². The Bertz CT molecular complexity index is 1060. The molecule has 4 rings (SSSR count). The Labute approximate surface area is 174 Å². The molecule has 1 aromatic heterocycles. The number of aromatic nitrogens is 2. The van der Waals surface area contributed by atoms with Crippen molar-refractivity contribution in [3.8, 4) is 11.5 Å². The van der Waals surface area contributed by atoms with Crippen molar-refractivity contribution in [2.24, 2.45) is 5.92 Å². The van der Waals surface area contributed by atoms with E-state index in [0.717, 1.165) is 22.4 Å². The van der Waals surface area contributed by atoms with Crippen LogP contribution >= 0.6 is 0 Å². The predicted octanol–water partition coefficient (Wildman–Crippen LogP) is 4.01. The summed E-state index contributed by atoms with van der Waals surface area (Å²) in [6, 6.07) is 15.4. The summed E-state index contributed by atoms with van der Waals surface area (Å²) < 4.78 is 11.2. The van der Waals surface area contributed by atoms with Crippen molar-refractivity contribution in [1.29, 1.82) is 0 Å². The van der Waals surface area contributed by atoms with Gasteiger partial charge in [-0.2, -0.15) is 0 Å². The highest BCUT2D eigenvalue weighted by Gasteiger charge is 2.37. The van der Waals surface area contributed by atoms with Gasteiger partial charge >= 0.3 is 5.97 Å². The smallest absolute Gasteiger partial charge is 0.312 e. The molecule has 1 fully saturated rings. The van der Waals surface area contributed by atoms with Crippen LogP contribution < -0.4 is 4.90 Å². The second-order valence-corrected chi connectivity index (χ2v) is 7.63. The van der Waals surface area contributed by atoms with Crippen LogP contribution in [0.2, 0.25) is 0 Å². The Morgan fingerprint density at radius 2 is 1.70 bits per heavy atom. The summed E-state index contributed by atoms with van der Waals surface area (Å²) in [6.07, 6.45) is -0.578. The number of aryl methyl sites for hydroxylation is 2. The van der Waals surface area contributed by atoms with Crippen LogP contribution in [-0.2, 0) is 14.3 Å². The van der Waals surface area contributed by atoms with Crippen molar-refractivity contribution in [3.05, 3.63) is 65.5 Å². The predicted molar refractivity (Wildman–Crippen MR) is 111 cm³/mol. The molecular weight excluding hydrogens is 382 g/mol. The average molecular weight is 405 g/mol. The number of anilines is 1. The Hall–Kier alpha value is -3.48. The summed E-state index contributed by atoms with van der Waals surface area (Å²) in [4.78, 5) is 26.6. The number of nitrogens with zero attached hydrogens (tertiary/aromatic N) is 3. The number of hydrogen-bond acceptors (Lipinski definition) is 6. The van der Waals surface area contributed by atoms with Crippen LogP contribution in [0, 0.1) is 19.8 Å². The maximum Gasteiger partial charge on any atom is 0.312 e. The van der Waals surface area contributed by atoms with Gasteiger partial charge in [0.1, 0.15) is 0 Å². The molecule has 1 aliphatic heterocycles. The minimum Gasteiger partial charge on any atom is -0.452 e. The second kappa shape index (κ2) is 8.10. The second-order valence-electron chi connectivity index (χ2n) is 7.63. The van der Waals surface area contributed by atoms with Gasteiger partial charge in [-0.05, 0) is 45.0 Å². The van der Waals surface area contributed by atoms with E-state index in [1.54, 1.807) is 11.8 Å². The highest BCUT2D eigenvalue weighted by atomic mass is 16.6. The van der Waals surface area contributed by atoms with Gasteiger partial charge in [0.2, 0.25) is 11.8 Å². The molecule has 7 nitrogen and oxygen atoms in total. The summed E-state index contributed by atoms with van der Waals surface area (Å²) in [6.45, 7) is 5.96. The maximum absolute atomic E-state index is 12.6. The molecule has 2 heterocycles. The zero-order valence-electron chi connectivity index (χ0n) is 17.2. The molecule has 0 saturated carbocycles. The number of hydrogen-bond donors (Lipinski definition) is 0. The van der Waals surface area contributed by atoms with Crippen molar-refractivity contribution in [1.82, 2.24) is 10.2 Å². The third kappa shape index (κ3) is 4.10. The van der Waals surface area contributed by atoms with Crippen molar-refractivity contribution >= 4 is 17.6 Å². The van der Waals surface area contributed by atoms with Gasteiger partial charge in [-0.25, -0.2) is 0 Å². The molecule has 0 spiro atoms. The van der Waals surface area contributed by atoms with Crippen LogP contribution in [0.25, 0.3) is 11.5 Å². The monoisotopic (exact) mass is 405 g/mol. The zero-order chi connectivity index (χ0) is 21.3. The van der Waals surface area contributed by atoms with Gasteiger partial charge in [-0.3, -0.25) is 9.59 Å². The Morgan fingerprint density at radius 3 is 2.37 bits per heavy atom.